The van der Waals surface area contributed by atoms with E-state index in [0.29, 0.717) is 6.04 Å². The van der Waals surface area contributed by atoms with E-state index in [4.69, 9.17) is 4.98 Å². The molecule has 0 saturated carbocycles. The third-order valence-corrected chi connectivity index (χ3v) is 5.59. The molecular formula is C15H25N3S. The zero-order valence-electron chi connectivity index (χ0n) is 12.1. The normalized spacial score (nSPS) is 27.4. The number of nitrogens with one attached hydrogen (secondary N) is 1. The van der Waals surface area contributed by atoms with E-state index in [-0.39, 0.29) is 0 Å². The topological polar surface area (TPSA) is 28.2 Å². The SMILES string of the molecule is CCNC1CCCc2nc(N3CCCC(C)C3)sc21. The Morgan fingerprint density at radius 1 is 1.37 bits per heavy atom. The zero-order valence-corrected chi connectivity index (χ0v) is 12.9. The van der Waals surface area contributed by atoms with Gasteiger partial charge in [-0.2, -0.15) is 0 Å². The quantitative estimate of drug-likeness (QED) is 0.919. The van der Waals surface area contributed by atoms with Crippen LogP contribution in [0.5, 0.6) is 0 Å². The van der Waals surface area contributed by atoms with E-state index in [0.717, 1.165) is 12.5 Å². The fourth-order valence-electron chi connectivity index (χ4n) is 3.35. The third kappa shape index (κ3) is 2.79. The molecule has 3 rings (SSSR count). The second-order valence-electron chi connectivity index (χ2n) is 6.00. The number of hydrogen-bond acceptors (Lipinski definition) is 4. The van der Waals surface area contributed by atoms with Crippen molar-refractivity contribution >= 4 is 16.5 Å². The molecule has 0 aromatic carbocycles. The Balaban J connectivity index is 1.80. The Bertz CT molecular complexity index is 429. The Kier molecular flexibility index (Phi) is 4.08. The summed E-state index contributed by atoms with van der Waals surface area (Å²) in [5.41, 5.74) is 1.37. The molecule has 0 amide bonds. The van der Waals surface area contributed by atoms with Gasteiger partial charge in [-0.05, 0) is 44.6 Å². The van der Waals surface area contributed by atoms with Crippen LogP contribution >= 0.6 is 11.3 Å². The van der Waals surface area contributed by atoms with Crippen molar-refractivity contribution < 1.29 is 0 Å². The van der Waals surface area contributed by atoms with Crippen LogP contribution in [0.25, 0.3) is 0 Å². The standard InChI is InChI=1S/C15H25N3S/c1-3-16-12-7-4-8-13-14(12)19-15(17-13)18-9-5-6-11(2)10-18/h11-12,16H,3-10H2,1-2H3. The second-order valence-corrected chi connectivity index (χ2v) is 7.01. The summed E-state index contributed by atoms with van der Waals surface area (Å²) in [7, 11) is 0. The molecule has 0 radical (unpaired) electrons. The summed E-state index contributed by atoms with van der Waals surface area (Å²) in [5.74, 6) is 0.819. The summed E-state index contributed by atoms with van der Waals surface area (Å²) in [6.07, 6.45) is 6.43. The first kappa shape index (κ1) is 13.4. The first-order valence-corrected chi connectivity index (χ1v) is 8.57. The van der Waals surface area contributed by atoms with Crippen LogP contribution in [0.2, 0.25) is 0 Å². The molecule has 0 bridgehead atoms. The summed E-state index contributed by atoms with van der Waals surface area (Å²) in [5, 5.41) is 4.90. The largest absolute Gasteiger partial charge is 0.348 e. The third-order valence-electron chi connectivity index (χ3n) is 4.32. The maximum Gasteiger partial charge on any atom is 0.185 e. The lowest BCUT2D eigenvalue weighted by Gasteiger charge is -2.30. The first-order chi connectivity index (χ1) is 9.28. The molecule has 1 saturated heterocycles. The minimum absolute atomic E-state index is 0.558. The molecule has 1 aromatic rings. The lowest BCUT2D eigenvalue weighted by atomic mass is 9.98. The highest BCUT2D eigenvalue weighted by atomic mass is 32.1. The fourth-order valence-corrected chi connectivity index (χ4v) is 4.60. The highest BCUT2D eigenvalue weighted by Gasteiger charge is 2.26. The molecule has 19 heavy (non-hydrogen) atoms. The number of piperidine rings is 1. The molecule has 0 spiro atoms. The van der Waals surface area contributed by atoms with Crippen molar-refractivity contribution in [3.05, 3.63) is 10.6 Å². The highest BCUT2D eigenvalue weighted by Crippen LogP contribution is 2.38. The number of nitrogens with zero attached hydrogens (tertiary/aromatic N) is 2. The number of rotatable bonds is 3. The Morgan fingerprint density at radius 2 is 2.26 bits per heavy atom. The monoisotopic (exact) mass is 279 g/mol. The minimum atomic E-state index is 0.558. The Labute approximate surface area is 120 Å². The van der Waals surface area contributed by atoms with E-state index < -0.39 is 0 Å². The number of hydrogen-bond donors (Lipinski definition) is 1. The van der Waals surface area contributed by atoms with Gasteiger partial charge in [-0.15, -0.1) is 0 Å². The van der Waals surface area contributed by atoms with Crippen LogP contribution in [0.3, 0.4) is 0 Å². The molecular weight excluding hydrogens is 254 g/mol. The minimum Gasteiger partial charge on any atom is -0.348 e. The predicted molar refractivity (Wildman–Crippen MR) is 82.1 cm³/mol. The highest BCUT2D eigenvalue weighted by molar-refractivity contribution is 7.15. The summed E-state index contributed by atoms with van der Waals surface area (Å²) in [6.45, 7) is 8.00. The molecule has 2 atom stereocenters. The molecule has 2 aliphatic rings. The second kappa shape index (κ2) is 5.80. The summed E-state index contributed by atoms with van der Waals surface area (Å²) < 4.78 is 0. The van der Waals surface area contributed by atoms with Crippen LogP contribution in [0, 0.1) is 5.92 Å². The zero-order chi connectivity index (χ0) is 13.2. The number of aromatic nitrogens is 1. The van der Waals surface area contributed by atoms with E-state index in [1.54, 1.807) is 0 Å². The molecule has 4 heteroatoms. The molecule has 3 nitrogen and oxygen atoms in total. The van der Waals surface area contributed by atoms with E-state index in [2.05, 4.69) is 24.1 Å². The lowest BCUT2D eigenvalue weighted by Crippen LogP contribution is -2.34. The summed E-state index contributed by atoms with van der Waals surface area (Å²) in [6, 6.07) is 0.558. The van der Waals surface area contributed by atoms with Crippen molar-refractivity contribution in [2.75, 3.05) is 24.5 Å². The van der Waals surface area contributed by atoms with E-state index in [9.17, 15) is 0 Å². The predicted octanol–water partition coefficient (Wildman–Crippen LogP) is 3.37. The number of aryl methyl sites for hydroxylation is 1. The van der Waals surface area contributed by atoms with Gasteiger partial charge in [-0.25, -0.2) is 4.98 Å². The molecule has 1 aliphatic carbocycles. The van der Waals surface area contributed by atoms with Crippen molar-refractivity contribution in [3.8, 4) is 0 Å². The van der Waals surface area contributed by atoms with Gasteiger partial charge in [-0.3, -0.25) is 0 Å². The molecule has 2 unspecified atom stereocenters. The summed E-state index contributed by atoms with van der Waals surface area (Å²) in [4.78, 5) is 8.97. The van der Waals surface area contributed by atoms with Crippen LogP contribution in [-0.2, 0) is 6.42 Å². The van der Waals surface area contributed by atoms with E-state index in [1.165, 1.54) is 60.9 Å². The van der Waals surface area contributed by atoms with Crippen molar-refractivity contribution in [2.45, 2.75) is 52.0 Å². The Hall–Kier alpha value is -0.610. The van der Waals surface area contributed by atoms with Crippen LogP contribution in [0.1, 0.15) is 56.1 Å². The molecule has 1 aromatic heterocycles. The maximum absolute atomic E-state index is 4.95. The average Bonchev–Trinajstić information content (AvgIpc) is 2.84. The van der Waals surface area contributed by atoms with Gasteiger partial charge in [0.05, 0.1) is 5.69 Å². The average molecular weight is 279 g/mol. The van der Waals surface area contributed by atoms with Crippen LogP contribution in [0.15, 0.2) is 0 Å². The van der Waals surface area contributed by atoms with Gasteiger partial charge >= 0.3 is 0 Å². The van der Waals surface area contributed by atoms with Gasteiger partial charge in [0.25, 0.3) is 0 Å². The van der Waals surface area contributed by atoms with Crippen LogP contribution < -0.4 is 10.2 Å². The lowest BCUT2D eigenvalue weighted by molar-refractivity contribution is 0.446. The van der Waals surface area contributed by atoms with Gasteiger partial charge in [0.2, 0.25) is 0 Å². The van der Waals surface area contributed by atoms with Crippen molar-refractivity contribution in [2.24, 2.45) is 5.92 Å². The van der Waals surface area contributed by atoms with Crippen molar-refractivity contribution in [1.29, 1.82) is 0 Å². The smallest absolute Gasteiger partial charge is 0.185 e. The van der Waals surface area contributed by atoms with Crippen molar-refractivity contribution in [1.82, 2.24) is 10.3 Å². The van der Waals surface area contributed by atoms with Gasteiger partial charge in [-0.1, -0.05) is 25.2 Å². The van der Waals surface area contributed by atoms with E-state index in [1.807, 2.05) is 11.3 Å². The molecule has 1 N–H and O–H groups in total. The van der Waals surface area contributed by atoms with Gasteiger partial charge in [0, 0.05) is 24.0 Å². The van der Waals surface area contributed by atoms with Crippen LogP contribution in [-0.4, -0.2) is 24.6 Å². The van der Waals surface area contributed by atoms with Gasteiger partial charge in [0.1, 0.15) is 0 Å². The molecule has 1 fully saturated rings. The number of thiazole rings is 1. The van der Waals surface area contributed by atoms with Gasteiger partial charge < -0.3 is 10.2 Å². The number of anilines is 1. The Morgan fingerprint density at radius 3 is 3.05 bits per heavy atom. The summed E-state index contributed by atoms with van der Waals surface area (Å²) >= 11 is 1.94. The van der Waals surface area contributed by atoms with Crippen molar-refractivity contribution in [3.63, 3.8) is 0 Å². The van der Waals surface area contributed by atoms with Crippen LogP contribution in [0.4, 0.5) is 5.13 Å². The first-order valence-electron chi connectivity index (χ1n) is 7.76. The maximum atomic E-state index is 4.95. The number of fused-ring (bicyclic) bond motifs is 1. The molecule has 106 valence electrons. The van der Waals surface area contributed by atoms with Gasteiger partial charge in [0.15, 0.2) is 5.13 Å². The molecule has 2 heterocycles. The van der Waals surface area contributed by atoms with E-state index >= 15 is 0 Å². The molecule has 1 aliphatic heterocycles. The fraction of sp³-hybridized carbons (Fsp3) is 0.800.